The molecule has 0 aromatic carbocycles. The van der Waals surface area contributed by atoms with E-state index in [9.17, 15) is 0 Å². The van der Waals surface area contributed by atoms with E-state index < -0.39 is 0 Å². The largest absolute Gasteiger partial charge is 0.369 e. The van der Waals surface area contributed by atoms with Gasteiger partial charge in [0.2, 0.25) is 0 Å². The van der Waals surface area contributed by atoms with Gasteiger partial charge in [0.15, 0.2) is 0 Å². The van der Waals surface area contributed by atoms with Gasteiger partial charge in [0.1, 0.15) is 5.82 Å². The molecule has 0 radical (unpaired) electrons. The summed E-state index contributed by atoms with van der Waals surface area (Å²) in [7, 11) is 0. The van der Waals surface area contributed by atoms with E-state index in [4.69, 9.17) is 11.6 Å². The highest BCUT2D eigenvalue weighted by atomic mass is 35.5. The van der Waals surface area contributed by atoms with Crippen molar-refractivity contribution in [3.05, 3.63) is 23.4 Å². The molecule has 1 N–H and O–H groups in total. The first kappa shape index (κ1) is 12.3. The molecule has 0 saturated heterocycles. The van der Waals surface area contributed by atoms with E-state index >= 15 is 0 Å². The first-order valence-electron chi connectivity index (χ1n) is 5.54. The molecule has 1 aromatic rings. The minimum Gasteiger partial charge on any atom is -0.369 e. The standard InChI is InChI=1S/C12H19ClN2/c1-10(2)6-3-4-8-14-12-11(13)7-5-9-15-12/h5,7,9-10H,3-4,6,8H2,1-2H3,(H,14,15). The van der Waals surface area contributed by atoms with Crippen LogP contribution in [-0.4, -0.2) is 11.5 Å². The van der Waals surface area contributed by atoms with Crippen LogP contribution in [0.2, 0.25) is 5.02 Å². The van der Waals surface area contributed by atoms with Crippen LogP contribution in [0.5, 0.6) is 0 Å². The molecule has 0 aliphatic rings. The van der Waals surface area contributed by atoms with Crippen molar-refractivity contribution in [3.8, 4) is 0 Å². The molecule has 15 heavy (non-hydrogen) atoms. The highest BCUT2D eigenvalue weighted by Gasteiger charge is 1.99. The highest BCUT2D eigenvalue weighted by Crippen LogP contribution is 2.17. The molecule has 0 spiro atoms. The lowest BCUT2D eigenvalue weighted by atomic mass is 10.1. The molecular weight excluding hydrogens is 208 g/mol. The van der Waals surface area contributed by atoms with E-state index in [1.807, 2.05) is 12.1 Å². The monoisotopic (exact) mass is 226 g/mol. The second-order valence-corrected chi connectivity index (χ2v) is 4.56. The van der Waals surface area contributed by atoms with Crippen molar-refractivity contribution in [2.75, 3.05) is 11.9 Å². The SMILES string of the molecule is CC(C)CCCCNc1ncccc1Cl. The molecule has 0 amide bonds. The number of aromatic nitrogens is 1. The second-order valence-electron chi connectivity index (χ2n) is 4.15. The first-order chi connectivity index (χ1) is 7.20. The van der Waals surface area contributed by atoms with Crippen LogP contribution in [0.25, 0.3) is 0 Å². The molecule has 1 rings (SSSR count). The van der Waals surface area contributed by atoms with Gasteiger partial charge in [-0.05, 0) is 24.5 Å². The summed E-state index contributed by atoms with van der Waals surface area (Å²) in [6.07, 6.45) is 5.47. The van der Waals surface area contributed by atoms with Gasteiger partial charge in [-0.15, -0.1) is 0 Å². The van der Waals surface area contributed by atoms with E-state index in [-0.39, 0.29) is 0 Å². The Labute approximate surface area is 97.1 Å². The van der Waals surface area contributed by atoms with Crippen molar-refractivity contribution >= 4 is 17.4 Å². The van der Waals surface area contributed by atoms with Gasteiger partial charge in [-0.3, -0.25) is 0 Å². The molecule has 0 atom stereocenters. The molecule has 84 valence electrons. The van der Waals surface area contributed by atoms with Crippen LogP contribution in [-0.2, 0) is 0 Å². The smallest absolute Gasteiger partial charge is 0.144 e. The van der Waals surface area contributed by atoms with E-state index in [1.165, 1.54) is 19.3 Å². The Hall–Kier alpha value is -0.760. The summed E-state index contributed by atoms with van der Waals surface area (Å²) in [6, 6.07) is 3.69. The lowest BCUT2D eigenvalue weighted by molar-refractivity contribution is 0.544. The van der Waals surface area contributed by atoms with Crippen LogP contribution in [0.4, 0.5) is 5.82 Å². The van der Waals surface area contributed by atoms with E-state index in [1.54, 1.807) is 6.20 Å². The maximum atomic E-state index is 5.96. The summed E-state index contributed by atoms with van der Waals surface area (Å²) in [6.45, 7) is 5.45. The van der Waals surface area contributed by atoms with Gasteiger partial charge in [-0.2, -0.15) is 0 Å². The average Bonchev–Trinajstić information content (AvgIpc) is 2.20. The Morgan fingerprint density at radius 1 is 1.40 bits per heavy atom. The first-order valence-corrected chi connectivity index (χ1v) is 5.92. The van der Waals surface area contributed by atoms with Gasteiger partial charge < -0.3 is 5.32 Å². The van der Waals surface area contributed by atoms with Gasteiger partial charge in [0.25, 0.3) is 0 Å². The number of rotatable bonds is 6. The summed E-state index contributed by atoms with van der Waals surface area (Å²) in [5.74, 6) is 1.59. The number of pyridine rings is 1. The summed E-state index contributed by atoms with van der Waals surface area (Å²) in [4.78, 5) is 4.17. The third-order valence-corrected chi connectivity index (χ3v) is 2.56. The molecule has 1 heterocycles. The fourth-order valence-corrected chi connectivity index (χ4v) is 1.59. The number of unbranched alkanes of at least 4 members (excludes halogenated alkanes) is 1. The maximum Gasteiger partial charge on any atom is 0.144 e. The molecule has 0 fully saturated rings. The van der Waals surface area contributed by atoms with Gasteiger partial charge >= 0.3 is 0 Å². The van der Waals surface area contributed by atoms with Crippen molar-refractivity contribution < 1.29 is 0 Å². The Balaban J connectivity index is 2.18. The zero-order valence-corrected chi connectivity index (χ0v) is 10.2. The summed E-state index contributed by atoms with van der Waals surface area (Å²) >= 11 is 5.96. The van der Waals surface area contributed by atoms with Crippen molar-refractivity contribution in [1.29, 1.82) is 0 Å². The molecular formula is C12H19ClN2. The van der Waals surface area contributed by atoms with Crippen LogP contribution < -0.4 is 5.32 Å². The number of nitrogens with zero attached hydrogens (tertiary/aromatic N) is 1. The van der Waals surface area contributed by atoms with Crippen molar-refractivity contribution in [1.82, 2.24) is 4.98 Å². The topological polar surface area (TPSA) is 24.9 Å². The number of anilines is 1. The van der Waals surface area contributed by atoms with Gasteiger partial charge in [0.05, 0.1) is 5.02 Å². The van der Waals surface area contributed by atoms with Crippen LogP contribution in [0, 0.1) is 5.92 Å². The fourth-order valence-electron chi connectivity index (χ4n) is 1.40. The molecule has 0 unspecified atom stereocenters. The summed E-state index contributed by atoms with van der Waals surface area (Å²) in [5, 5.41) is 3.94. The lowest BCUT2D eigenvalue weighted by Crippen LogP contribution is -2.04. The molecule has 1 aromatic heterocycles. The third kappa shape index (κ3) is 5.03. The minimum absolute atomic E-state index is 0.696. The zero-order chi connectivity index (χ0) is 11.1. The minimum atomic E-state index is 0.696. The highest BCUT2D eigenvalue weighted by molar-refractivity contribution is 6.32. The van der Waals surface area contributed by atoms with Crippen molar-refractivity contribution in [2.24, 2.45) is 5.92 Å². The van der Waals surface area contributed by atoms with Gasteiger partial charge in [-0.25, -0.2) is 4.98 Å². The predicted molar refractivity (Wildman–Crippen MR) is 66.4 cm³/mol. The van der Waals surface area contributed by atoms with Crippen LogP contribution in [0.3, 0.4) is 0 Å². The van der Waals surface area contributed by atoms with Gasteiger partial charge in [0, 0.05) is 12.7 Å². The van der Waals surface area contributed by atoms with Crippen LogP contribution in [0.1, 0.15) is 33.1 Å². The van der Waals surface area contributed by atoms with Crippen LogP contribution >= 0.6 is 11.6 Å². The Morgan fingerprint density at radius 2 is 2.20 bits per heavy atom. The molecule has 3 heteroatoms. The van der Waals surface area contributed by atoms with Gasteiger partial charge in [-0.1, -0.05) is 38.3 Å². The number of hydrogen-bond donors (Lipinski definition) is 1. The number of hydrogen-bond acceptors (Lipinski definition) is 2. The molecule has 0 bridgehead atoms. The van der Waals surface area contributed by atoms with Crippen molar-refractivity contribution in [3.63, 3.8) is 0 Å². The zero-order valence-electron chi connectivity index (χ0n) is 9.46. The predicted octanol–water partition coefficient (Wildman–Crippen LogP) is 3.97. The van der Waals surface area contributed by atoms with Crippen LogP contribution in [0.15, 0.2) is 18.3 Å². The summed E-state index contributed by atoms with van der Waals surface area (Å²) < 4.78 is 0. The lowest BCUT2D eigenvalue weighted by Gasteiger charge is -2.07. The Bertz CT molecular complexity index is 287. The van der Waals surface area contributed by atoms with E-state index in [0.717, 1.165) is 18.3 Å². The van der Waals surface area contributed by atoms with Crippen molar-refractivity contribution in [2.45, 2.75) is 33.1 Å². The molecule has 2 nitrogen and oxygen atoms in total. The molecule has 0 saturated carbocycles. The number of halogens is 1. The fraction of sp³-hybridized carbons (Fsp3) is 0.583. The molecule has 0 aliphatic heterocycles. The normalized spacial score (nSPS) is 10.7. The number of nitrogens with one attached hydrogen (secondary N) is 1. The Kier molecular flexibility index (Phi) is 5.48. The molecule has 0 aliphatic carbocycles. The van der Waals surface area contributed by atoms with E-state index in [2.05, 4.69) is 24.1 Å². The van der Waals surface area contributed by atoms with E-state index in [0.29, 0.717) is 5.02 Å². The average molecular weight is 227 g/mol. The quantitative estimate of drug-likeness (QED) is 0.743. The third-order valence-electron chi connectivity index (χ3n) is 2.26. The second kappa shape index (κ2) is 6.67. The summed E-state index contributed by atoms with van der Waals surface area (Å²) in [5.41, 5.74) is 0. The maximum absolute atomic E-state index is 5.96. The Morgan fingerprint density at radius 3 is 2.87 bits per heavy atom.